The minimum Gasteiger partial charge on any atom is -0.353 e. The molecular formula is C15H18N4OS. The summed E-state index contributed by atoms with van der Waals surface area (Å²) >= 11 is 1.43. The smallest absolute Gasteiger partial charge is 0.230 e. The molecule has 5 nitrogen and oxygen atoms in total. The average Bonchev–Trinajstić information content (AvgIpc) is 3.22. The highest BCUT2D eigenvalue weighted by Crippen LogP contribution is 2.23. The molecule has 0 unspecified atom stereocenters. The van der Waals surface area contributed by atoms with Gasteiger partial charge in [-0.2, -0.15) is 0 Å². The van der Waals surface area contributed by atoms with E-state index in [0.29, 0.717) is 11.8 Å². The van der Waals surface area contributed by atoms with E-state index >= 15 is 0 Å². The molecular weight excluding hydrogens is 284 g/mol. The van der Waals surface area contributed by atoms with E-state index in [1.165, 1.54) is 11.8 Å². The Labute approximate surface area is 128 Å². The molecule has 21 heavy (non-hydrogen) atoms. The fourth-order valence-electron chi connectivity index (χ4n) is 2.09. The van der Waals surface area contributed by atoms with Crippen molar-refractivity contribution in [3.63, 3.8) is 0 Å². The summed E-state index contributed by atoms with van der Waals surface area (Å²) < 4.78 is 2.02. The molecule has 0 bridgehead atoms. The monoisotopic (exact) mass is 302 g/mol. The molecule has 1 fully saturated rings. The van der Waals surface area contributed by atoms with Crippen LogP contribution in [0.3, 0.4) is 0 Å². The van der Waals surface area contributed by atoms with Gasteiger partial charge in [0.05, 0.1) is 5.75 Å². The number of nitrogens with one attached hydrogen (secondary N) is 1. The Morgan fingerprint density at radius 3 is 2.76 bits per heavy atom. The molecule has 1 saturated carbocycles. The van der Waals surface area contributed by atoms with Crippen LogP contribution in [0.15, 0.2) is 35.5 Å². The number of hydrogen-bond donors (Lipinski definition) is 1. The molecule has 1 aromatic heterocycles. The van der Waals surface area contributed by atoms with Gasteiger partial charge in [0, 0.05) is 18.2 Å². The van der Waals surface area contributed by atoms with E-state index in [1.807, 2.05) is 34.9 Å². The summed E-state index contributed by atoms with van der Waals surface area (Å²) in [6.45, 7) is 2.05. The summed E-state index contributed by atoms with van der Waals surface area (Å²) in [6.07, 6.45) is 3.02. The Bertz CT molecular complexity index is 622. The molecule has 1 N–H and O–H groups in total. The van der Waals surface area contributed by atoms with Gasteiger partial charge in [0.1, 0.15) is 5.82 Å². The van der Waals surface area contributed by atoms with Crippen LogP contribution in [0.4, 0.5) is 0 Å². The summed E-state index contributed by atoms with van der Waals surface area (Å²) in [5, 5.41) is 12.2. The molecule has 0 aliphatic heterocycles. The number of amides is 1. The Balaban J connectivity index is 1.75. The molecule has 0 radical (unpaired) electrons. The molecule has 0 atom stereocenters. The van der Waals surface area contributed by atoms with Crippen molar-refractivity contribution in [2.24, 2.45) is 0 Å². The summed E-state index contributed by atoms with van der Waals surface area (Å²) in [4.78, 5) is 11.8. The van der Waals surface area contributed by atoms with Crippen LogP contribution in [-0.4, -0.2) is 32.5 Å². The first-order valence-corrected chi connectivity index (χ1v) is 8.18. The number of hydrogen-bond acceptors (Lipinski definition) is 4. The molecule has 1 aliphatic rings. The number of thioether (sulfide) groups is 1. The molecule has 1 aromatic carbocycles. The van der Waals surface area contributed by atoms with Gasteiger partial charge >= 0.3 is 0 Å². The highest BCUT2D eigenvalue weighted by molar-refractivity contribution is 7.99. The van der Waals surface area contributed by atoms with E-state index in [2.05, 4.69) is 22.4 Å². The maximum Gasteiger partial charge on any atom is 0.230 e. The van der Waals surface area contributed by atoms with Gasteiger partial charge in [-0.3, -0.25) is 9.36 Å². The minimum atomic E-state index is 0.0724. The first-order valence-electron chi connectivity index (χ1n) is 7.20. The van der Waals surface area contributed by atoms with E-state index in [4.69, 9.17) is 0 Å². The van der Waals surface area contributed by atoms with Crippen LogP contribution >= 0.6 is 11.8 Å². The largest absolute Gasteiger partial charge is 0.353 e. The summed E-state index contributed by atoms with van der Waals surface area (Å²) in [6, 6.07) is 10.4. The van der Waals surface area contributed by atoms with Crippen LogP contribution in [0, 0.1) is 0 Å². The summed E-state index contributed by atoms with van der Waals surface area (Å²) in [5.41, 5.74) is 1.03. The third-order valence-corrected chi connectivity index (χ3v) is 4.23. The topological polar surface area (TPSA) is 59.8 Å². The van der Waals surface area contributed by atoms with Crippen molar-refractivity contribution in [3.05, 3.63) is 36.2 Å². The van der Waals surface area contributed by atoms with Crippen LogP contribution in [0.2, 0.25) is 0 Å². The van der Waals surface area contributed by atoms with Crippen molar-refractivity contribution in [2.75, 3.05) is 5.75 Å². The van der Waals surface area contributed by atoms with E-state index in [-0.39, 0.29) is 5.91 Å². The average molecular weight is 302 g/mol. The zero-order valence-corrected chi connectivity index (χ0v) is 12.8. The van der Waals surface area contributed by atoms with Crippen LogP contribution in [0.25, 0.3) is 5.69 Å². The van der Waals surface area contributed by atoms with E-state index in [9.17, 15) is 4.79 Å². The lowest BCUT2D eigenvalue weighted by atomic mass is 10.3. The Kier molecular flexibility index (Phi) is 4.24. The second kappa shape index (κ2) is 6.30. The summed E-state index contributed by atoms with van der Waals surface area (Å²) in [7, 11) is 0. The number of aromatic nitrogens is 3. The maximum atomic E-state index is 11.8. The molecule has 3 rings (SSSR count). The van der Waals surface area contributed by atoms with Crippen molar-refractivity contribution >= 4 is 17.7 Å². The van der Waals surface area contributed by atoms with E-state index in [0.717, 1.165) is 35.9 Å². The highest BCUT2D eigenvalue weighted by atomic mass is 32.2. The number of aryl methyl sites for hydroxylation is 1. The third kappa shape index (κ3) is 3.44. The van der Waals surface area contributed by atoms with Gasteiger partial charge in [-0.25, -0.2) is 0 Å². The van der Waals surface area contributed by atoms with E-state index in [1.54, 1.807) is 0 Å². The molecule has 2 aromatic rings. The highest BCUT2D eigenvalue weighted by Gasteiger charge is 2.23. The lowest BCUT2D eigenvalue weighted by Crippen LogP contribution is -2.27. The van der Waals surface area contributed by atoms with Crippen LogP contribution < -0.4 is 5.32 Å². The number of carbonyl (C=O) groups is 1. The standard InChI is InChI=1S/C15H18N4OS/c1-2-13-17-18-15(19(13)12-6-4-3-5-7-12)21-10-14(20)16-11-8-9-11/h3-7,11H,2,8-10H2,1H3,(H,16,20). The number of para-hydroxylation sites is 1. The van der Waals surface area contributed by atoms with Gasteiger partial charge in [-0.1, -0.05) is 36.9 Å². The maximum absolute atomic E-state index is 11.8. The van der Waals surface area contributed by atoms with Crippen LogP contribution in [0.1, 0.15) is 25.6 Å². The number of benzene rings is 1. The zero-order valence-electron chi connectivity index (χ0n) is 12.0. The lowest BCUT2D eigenvalue weighted by Gasteiger charge is -2.09. The van der Waals surface area contributed by atoms with Crippen molar-refractivity contribution in [1.29, 1.82) is 0 Å². The second-order valence-electron chi connectivity index (χ2n) is 5.05. The molecule has 0 spiro atoms. The fourth-order valence-corrected chi connectivity index (χ4v) is 2.87. The van der Waals surface area contributed by atoms with Crippen molar-refractivity contribution in [2.45, 2.75) is 37.4 Å². The Morgan fingerprint density at radius 2 is 2.10 bits per heavy atom. The molecule has 1 amide bonds. The minimum absolute atomic E-state index is 0.0724. The summed E-state index contributed by atoms with van der Waals surface area (Å²) in [5.74, 6) is 1.36. The van der Waals surface area contributed by atoms with Gasteiger partial charge in [0.2, 0.25) is 5.91 Å². The normalized spacial score (nSPS) is 14.1. The predicted octanol–water partition coefficient (Wildman–Crippen LogP) is 2.20. The SMILES string of the molecule is CCc1nnc(SCC(=O)NC2CC2)n1-c1ccccc1. The van der Waals surface area contributed by atoms with Gasteiger partial charge in [-0.15, -0.1) is 10.2 Å². The molecule has 6 heteroatoms. The first-order chi connectivity index (χ1) is 10.3. The molecule has 1 heterocycles. The van der Waals surface area contributed by atoms with Crippen LogP contribution in [-0.2, 0) is 11.2 Å². The predicted molar refractivity (Wildman–Crippen MR) is 82.6 cm³/mol. The van der Waals surface area contributed by atoms with Gasteiger partial charge in [0.15, 0.2) is 5.16 Å². The Morgan fingerprint density at radius 1 is 1.33 bits per heavy atom. The van der Waals surface area contributed by atoms with Gasteiger partial charge < -0.3 is 5.32 Å². The zero-order chi connectivity index (χ0) is 14.7. The van der Waals surface area contributed by atoms with E-state index < -0.39 is 0 Å². The Hall–Kier alpha value is -1.82. The number of nitrogens with zero attached hydrogens (tertiary/aromatic N) is 3. The number of carbonyl (C=O) groups excluding carboxylic acids is 1. The van der Waals surface area contributed by atoms with Crippen LogP contribution in [0.5, 0.6) is 0 Å². The van der Waals surface area contributed by atoms with Gasteiger partial charge in [0.25, 0.3) is 0 Å². The van der Waals surface area contributed by atoms with Crippen molar-refractivity contribution < 1.29 is 4.79 Å². The second-order valence-corrected chi connectivity index (χ2v) is 6.00. The molecule has 1 aliphatic carbocycles. The molecule has 110 valence electrons. The fraction of sp³-hybridized carbons (Fsp3) is 0.400. The van der Waals surface area contributed by atoms with Gasteiger partial charge in [-0.05, 0) is 25.0 Å². The number of rotatable bonds is 6. The van der Waals surface area contributed by atoms with Crippen molar-refractivity contribution in [1.82, 2.24) is 20.1 Å². The van der Waals surface area contributed by atoms with Crippen molar-refractivity contribution in [3.8, 4) is 5.69 Å². The quantitative estimate of drug-likeness (QED) is 0.831. The first kappa shape index (κ1) is 14.1. The lowest BCUT2D eigenvalue weighted by molar-refractivity contribution is -0.118. The molecule has 0 saturated heterocycles. The third-order valence-electron chi connectivity index (χ3n) is 3.31.